The van der Waals surface area contributed by atoms with E-state index in [1.165, 1.54) is 16.9 Å². The highest BCUT2D eigenvalue weighted by molar-refractivity contribution is 7.11. The second-order valence-electron chi connectivity index (χ2n) is 6.89. The molecule has 0 atom stereocenters. The smallest absolute Gasteiger partial charge is 0.146 e. The number of hydrogen-bond acceptors (Lipinski definition) is 5. The van der Waals surface area contributed by atoms with Gasteiger partial charge in [-0.3, -0.25) is 0 Å². The highest BCUT2D eigenvalue weighted by atomic mass is 32.1. The molecule has 6 heteroatoms. The number of rotatable bonds is 6. The van der Waals surface area contributed by atoms with Gasteiger partial charge in [-0.1, -0.05) is 42.0 Å². The van der Waals surface area contributed by atoms with E-state index in [4.69, 9.17) is 4.74 Å². The summed E-state index contributed by atoms with van der Waals surface area (Å²) >= 11 is 1.48. The molecule has 0 saturated heterocycles. The number of hydrogen-bond donors (Lipinski definition) is 0. The molecule has 0 aliphatic rings. The average Bonchev–Trinajstić information content (AvgIpc) is 3.41. The lowest BCUT2D eigenvalue weighted by molar-refractivity contribution is 0.292. The molecule has 0 aliphatic heterocycles. The maximum atomic E-state index is 9.64. The van der Waals surface area contributed by atoms with Crippen LogP contribution in [-0.4, -0.2) is 14.5 Å². The molecule has 2 aromatic carbocycles. The van der Waals surface area contributed by atoms with Crippen molar-refractivity contribution in [2.24, 2.45) is 7.05 Å². The Labute approximate surface area is 179 Å². The van der Waals surface area contributed by atoms with E-state index in [9.17, 15) is 5.26 Å². The number of aryl methyl sites for hydroxylation is 2. The zero-order valence-electron chi connectivity index (χ0n) is 16.7. The van der Waals surface area contributed by atoms with Gasteiger partial charge < -0.3 is 9.30 Å². The van der Waals surface area contributed by atoms with Gasteiger partial charge >= 0.3 is 0 Å². The number of aromatic nitrogens is 3. The molecule has 0 saturated carbocycles. The molecule has 0 aliphatic carbocycles. The van der Waals surface area contributed by atoms with Crippen LogP contribution in [0, 0.1) is 18.3 Å². The van der Waals surface area contributed by atoms with Crippen LogP contribution in [0.1, 0.15) is 22.0 Å². The zero-order valence-corrected chi connectivity index (χ0v) is 17.6. The number of allylic oxidation sites excluding steroid dienone is 1. The Hall–Kier alpha value is -3.69. The van der Waals surface area contributed by atoms with E-state index >= 15 is 0 Å². The van der Waals surface area contributed by atoms with Gasteiger partial charge in [-0.15, -0.1) is 11.3 Å². The monoisotopic (exact) mass is 412 g/mol. The molecule has 0 fully saturated rings. The molecular formula is C24H20N4OS. The Balaban J connectivity index is 1.48. The largest absolute Gasteiger partial charge is 0.486 e. The average molecular weight is 413 g/mol. The predicted octanol–water partition coefficient (Wildman–Crippen LogP) is 5.50. The first-order valence-electron chi connectivity index (χ1n) is 9.46. The predicted molar refractivity (Wildman–Crippen MR) is 120 cm³/mol. The molecular weight excluding hydrogens is 392 g/mol. The lowest BCUT2D eigenvalue weighted by Crippen LogP contribution is -2.02. The van der Waals surface area contributed by atoms with Crippen molar-refractivity contribution in [1.82, 2.24) is 14.5 Å². The van der Waals surface area contributed by atoms with Crippen LogP contribution < -0.4 is 4.74 Å². The van der Waals surface area contributed by atoms with Gasteiger partial charge in [0.2, 0.25) is 0 Å². The van der Waals surface area contributed by atoms with Crippen LogP contribution in [0.25, 0.3) is 22.9 Å². The third-order valence-electron chi connectivity index (χ3n) is 4.68. The van der Waals surface area contributed by atoms with Crippen LogP contribution in [0.15, 0.2) is 66.3 Å². The fourth-order valence-electron chi connectivity index (χ4n) is 2.91. The molecule has 0 spiro atoms. The summed E-state index contributed by atoms with van der Waals surface area (Å²) < 4.78 is 7.71. The summed E-state index contributed by atoms with van der Waals surface area (Å²) in [6.45, 7) is 2.46. The minimum Gasteiger partial charge on any atom is -0.486 e. The fourth-order valence-corrected chi connectivity index (χ4v) is 3.70. The van der Waals surface area contributed by atoms with Crippen LogP contribution in [0.2, 0.25) is 0 Å². The van der Waals surface area contributed by atoms with Crippen LogP contribution in [0.4, 0.5) is 0 Å². The van der Waals surface area contributed by atoms with Gasteiger partial charge in [-0.25, -0.2) is 9.97 Å². The van der Waals surface area contributed by atoms with Gasteiger partial charge in [0.05, 0.1) is 11.3 Å². The van der Waals surface area contributed by atoms with Crippen molar-refractivity contribution in [3.05, 3.63) is 88.3 Å². The summed E-state index contributed by atoms with van der Waals surface area (Å²) in [7, 11) is 1.94. The third kappa shape index (κ3) is 4.48. The first-order chi connectivity index (χ1) is 14.6. The van der Waals surface area contributed by atoms with E-state index in [2.05, 4.69) is 35.1 Å². The Bertz CT molecular complexity index is 1210. The molecule has 4 aromatic rings. The molecule has 30 heavy (non-hydrogen) atoms. The Morgan fingerprint density at radius 3 is 2.60 bits per heavy atom. The number of ether oxygens (including phenoxy) is 1. The number of benzene rings is 2. The fraction of sp³-hybridized carbons (Fsp3) is 0.125. The molecule has 0 N–H and O–H groups in total. The summed E-state index contributed by atoms with van der Waals surface area (Å²) in [5.41, 5.74) is 4.60. The van der Waals surface area contributed by atoms with E-state index in [0.717, 1.165) is 28.4 Å². The first-order valence-corrected chi connectivity index (χ1v) is 10.3. The molecule has 0 unspecified atom stereocenters. The topological polar surface area (TPSA) is 63.7 Å². The number of imidazole rings is 1. The Morgan fingerprint density at radius 2 is 1.93 bits per heavy atom. The second-order valence-corrected chi connectivity index (χ2v) is 7.74. The van der Waals surface area contributed by atoms with Crippen molar-refractivity contribution >= 4 is 23.0 Å². The summed E-state index contributed by atoms with van der Waals surface area (Å²) in [6.07, 6.45) is 5.48. The van der Waals surface area contributed by atoms with E-state index in [-0.39, 0.29) is 0 Å². The van der Waals surface area contributed by atoms with Crippen molar-refractivity contribution in [3.8, 4) is 23.1 Å². The van der Waals surface area contributed by atoms with Crippen molar-refractivity contribution in [2.75, 3.05) is 0 Å². The normalized spacial score (nSPS) is 11.3. The van der Waals surface area contributed by atoms with Gasteiger partial charge in [0.25, 0.3) is 0 Å². The molecule has 148 valence electrons. The third-order valence-corrected chi connectivity index (χ3v) is 5.56. The van der Waals surface area contributed by atoms with Crippen molar-refractivity contribution in [3.63, 3.8) is 0 Å². The molecule has 2 heterocycles. The highest BCUT2D eigenvalue weighted by Gasteiger charge is 2.09. The van der Waals surface area contributed by atoms with Crippen LogP contribution >= 0.6 is 11.3 Å². The van der Waals surface area contributed by atoms with E-state index < -0.39 is 0 Å². The maximum Gasteiger partial charge on any atom is 0.146 e. The summed E-state index contributed by atoms with van der Waals surface area (Å²) in [5.74, 6) is 1.61. The molecule has 5 nitrogen and oxygen atoms in total. The standard InChI is InChI=1S/C24H20N4OS/c1-17-3-7-19(8-4-17)22-16-30-24(27-22)20(14-25)13-18-5-9-21(10-6-18)29-15-23-26-11-12-28(23)2/h3-13,16H,15H2,1-2H3/b20-13+. The van der Waals surface area contributed by atoms with Crippen LogP contribution in [0.3, 0.4) is 0 Å². The molecule has 0 radical (unpaired) electrons. The first kappa shape index (κ1) is 19.6. The maximum absolute atomic E-state index is 9.64. The zero-order chi connectivity index (χ0) is 20.9. The van der Waals surface area contributed by atoms with Crippen molar-refractivity contribution in [2.45, 2.75) is 13.5 Å². The SMILES string of the molecule is Cc1ccc(-c2csc(/C(C#N)=C/c3ccc(OCc4nccn4C)cc3)n2)cc1. The van der Waals surface area contributed by atoms with Crippen LogP contribution in [0.5, 0.6) is 5.75 Å². The van der Waals surface area contributed by atoms with E-state index in [1.807, 2.05) is 65.7 Å². The van der Waals surface area contributed by atoms with Crippen LogP contribution in [-0.2, 0) is 13.7 Å². The second kappa shape index (κ2) is 8.76. The van der Waals surface area contributed by atoms with E-state index in [1.54, 1.807) is 6.20 Å². The molecule has 4 rings (SSSR count). The van der Waals surface area contributed by atoms with Gasteiger partial charge in [-0.05, 0) is 30.7 Å². The summed E-state index contributed by atoms with van der Waals surface area (Å²) in [5, 5.41) is 12.3. The van der Waals surface area contributed by atoms with Gasteiger partial charge in [-0.2, -0.15) is 5.26 Å². The minimum atomic E-state index is 0.406. The van der Waals surface area contributed by atoms with Gasteiger partial charge in [0.1, 0.15) is 29.3 Å². The highest BCUT2D eigenvalue weighted by Crippen LogP contribution is 2.27. The minimum absolute atomic E-state index is 0.406. The van der Waals surface area contributed by atoms with Gasteiger partial charge in [0, 0.05) is 30.4 Å². The lowest BCUT2D eigenvalue weighted by Gasteiger charge is -2.06. The summed E-state index contributed by atoms with van der Waals surface area (Å²) in [6, 6.07) is 18.1. The Kier molecular flexibility index (Phi) is 5.73. The van der Waals surface area contributed by atoms with E-state index in [0.29, 0.717) is 17.2 Å². The molecule has 0 bridgehead atoms. The van der Waals surface area contributed by atoms with Crippen molar-refractivity contribution < 1.29 is 4.74 Å². The number of thiazole rings is 1. The lowest BCUT2D eigenvalue weighted by atomic mass is 10.1. The Morgan fingerprint density at radius 1 is 1.17 bits per heavy atom. The quantitative estimate of drug-likeness (QED) is 0.393. The number of nitrogens with zero attached hydrogens (tertiary/aromatic N) is 4. The molecule has 2 aromatic heterocycles. The molecule has 0 amide bonds. The van der Waals surface area contributed by atoms with Crippen molar-refractivity contribution in [1.29, 1.82) is 5.26 Å². The van der Waals surface area contributed by atoms with Gasteiger partial charge in [0.15, 0.2) is 0 Å². The number of nitriles is 1. The summed E-state index contributed by atoms with van der Waals surface area (Å²) in [4.78, 5) is 8.90.